The Morgan fingerprint density at radius 3 is 2.27 bits per heavy atom. The lowest BCUT2D eigenvalue weighted by atomic mass is 9.71. The van der Waals surface area contributed by atoms with Gasteiger partial charge in [0.1, 0.15) is 17.3 Å². The third-order valence-electron chi connectivity index (χ3n) is 7.36. The van der Waals surface area contributed by atoms with E-state index in [4.69, 9.17) is 4.74 Å². The van der Waals surface area contributed by atoms with Crippen molar-refractivity contribution in [3.8, 4) is 0 Å². The highest BCUT2D eigenvalue weighted by Crippen LogP contribution is 2.42. The number of ether oxygens (including phenoxy) is 1. The van der Waals surface area contributed by atoms with E-state index in [1.54, 1.807) is 49.8 Å². The monoisotopic (exact) mass is 613 g/mol. The summed E-state index contributed by atoms with van der Waals surface area (Å²) < 4.78 is 47.0. The fourth-order valence-corrected chi connectivity index (χ4v) is 5.08. The summed E-state index contributed by atoms with van der Waals surface area (Å²) in [4.78, 5) is 39.2. The molecule has 0 saturated heterocycles. The van der Waals surface area contributed by atoms with Gasteiger partial charge in [-0.2, -0.15) is 18.3 Å². The van der Waals surface area contributed by atoms with Crippen molar-refractivity contribution in [2.24, 2.45) is 0 Å². The van der Waals surface area contributed by atoms with Crippen molar-refractivity contribution in [1.82, 2.24) is 20.4 Å². The van der Waals surface area contributed by atoms with E-state index in [0.717, 1.165) is 24.1 Å². The Labute approximate surface area is 254 Å². The van der Waals surface area contributed by atoms with Gasteiger partial charge < -0.3 is 20.7 Å². The molecule has 3 aromatic rings. The molecule has 2 aromatic carbocycles. The molecular weight excluding hydrogens is 575 g/mol. The Hall–Kier alpha value is -4.35. The largest absolute Gasteiger partial charge is 0.444 e. The number of hydrogen-bond acceptors (Lipinski definition) is 5. The van der Waals surface area contributed by atoms with E-state index in [-0.39, 0.29) is 23.9 Å². The average Bonchev–Trinajstić information content (AvgIpc) is 3.40. The molecule has 236 valence electrons. The summed E-state index contributed by atoms with van der Waals surface area (Å²) in [6.45, 7) is 8.87. The van der Waals surface area contributed by atoms with Crippen LogP contribution in [0.5, 0.6) is 0 Å². The van der Waals surface area contributed by atoms with E-state index in [0.29, 0.717) is 24.2 Å². The fraction of sp³-hybridized carbons (Fsp3) is 0.438. The zero-order valence-corrected chi connectivity index (χ0v) is 25.4. The number of carbonyl (C=O) groups excluding carboxylic acids is 3. The topological polar surface area (TPSA) is 114 Å². The van der Waals surface area contributed by atoms with Crippen LogP contribution >= 0.6 is 0 Å². The number of nitrogens with one attached hydrogen (secondary N) is 3. The van der Waals surface area contributed by atoms with Crippen LogP contribution < -0.4 is 16.0 Å². The lowest BCUT2D eigenvalue weighted by Gasteiger charge is -2.44. The molecule has 1 saturated carbocycles. The van der Waals surface area contributed by atoms with Gasteiger partial charge in [-0.25, -0.2) is 4.79 Å². The highest BCUT2D eigenvalue weighted by atomic mass is 19.4. The third kappa shape index (κ3) is 7.97. The van der Waals surface area contributed by atoms with E-state index in [1.165, 1.54) is 12.1 Å². The summed E-state index contributed by atoms with van der Waals surface area (Å²) in [5.41, 5.74) is -0.404. The Morgan fingerprint density at radius 2 is 1.70 bits per heavy atom. The standard InChI is InChI=1S/C32H38F3N5O4/c1-20(2)40-26(14-17-36-40)28(42)37-24-12-10-22(11-13-24)31(15-7-16-31)39-27(41)25(38-29(43)44-30(3,4)5)19-21-8-6-9-23(18-21)32(33,34)35/h6,8-14,17-18,20,25H,7,15-16,19H2,1-5H3,(H,37,42)(H,38,43)(H,39,41)/t25-/m0/s1. The zero-order chi connectivity index (χ0) is 32.3. The van der Waals surface area contributed by atoms with Crippen molar-refractivity contribution in [2.45, 2.75) is 89.7 Å². The molecule has 1 fully saturated rings. The summed E-state index contributed by atoms with van der Waals surface area (Å²) >= 11 is 0. The minimum Gasteiger partial charge on any atom is -0.444 e. The molecule has 44 heavy (non-hydrogen) atoms. The zero-order valence-electron chi connectivity index (χ0n) is 25.4. The van der Waals surface area contributed by atoms with E-state index in [9.17, 15) is 27.6 Å². The fourth-order valence-electron chi connectivity index (χ4n) is 5.08. The normalized spacial score (nSPS) is 15.2. The third-order valence-corrected chi connectivity index (χ3v) is 7.36. The first-order valence-corrected chi connectivity index (χ1v) is 14.5. The summed E-state index contributed by atoms with van der Waals surface area (Å²) in [7, 11) is 0. The first kappa shape index (κ1) is 32.6. The summed E-state index contributed by atoms with van der Waals surface area (Å²) in [5.74, 6) is -0.853. The van der Waals surface area contributed by atoms with Gasteiger partial charge in [0, 0.05) is 24.3 Å². The van der Waals surface area contributed by atoms with E-state index < -0.39 is 40.9 Å². The van der Waals surface area contributed by atoms with Gasteiger partial charge in [0.05, 0.1) is 11.1 Å². The highest BCUT2D eigenvalue weighted by Gasteiger charge is 2.42. The van der Waals surface area contributed by atoms with Gasteiger partial charge >= 0.3 is 12.3 Å². The van der Waals surface area contributed by atoms with Crippen LogP contribution in [0.1, 0.15) is 87.1 Å². The second-order valence-electron chi connectivity index (χ2n) is 12.3. The van der Waals surface area contributed by atoms with Crippen molar-refractivity contribution in [1.29, 1.82) is 0 Å². The summed E-state index contributed by atoms with van der Waals surface area (Å²) in [6, 6.07) is 12.2. The Morgan fingerprint density at radius 1 is 1.02 bits per heavy atom. The maximum atomic E-state index is 13.7. The van der Waals surface area contributed by atoms with Crippen LogP contribution in [-0.2, 0) is 27.7 Å². The van der Waals surface area contributed by atoms with Gasteiger partial charge in [-0.15, -0.1) is 0 Å². The average molecular weight is 614 g/mol. The number of amides is 3. The number of anilines is 1. The Balaban J connectivity index is 1.52. The number of carbonyl (C=O) groups is 3. The van der Waals surface area contributed by atoms with Gasteiger partial charge in [-0.3, -0.25) is 14.3 Å². The number of halogens is 3. The van der Waals surface area contributed by atoms with Crippen molar-refractivity contribution in [3.63, 3.8) is 0 Å². The van der Waals surface area contributed by atoms with Crippen LogP contribution in [-0.4, -0.2) is 39.3 Å². The number of benzene rings is 2. The van der Waals surface area contributed by atoms with Gasteiger partial charge in [-0.1, -0.05) is 30.3 Å². The predicted molar refractivity (Wildman–Crippen MR) is 159 cm³/mol. The van der Waals surface area contributed by atoms with Crippen LogP contribution in [0.25, 0.3) is 0 Å². The molecule has 1 aliphatic rings. The smallest absolute Gasteiger partial charge is 0.416 e. The van der Waals surface area contributed by atoms with Crippen LogP contribution in [0.2, 0.25) is 0 Å². The van der Waals surface area contributed by atoms with E-state index >= 15 is 0 Å². The number of nitrogens with zero attached hydrogens (tertiary/aromatic N) is 2. The van der Waals surface area contributed by atoms with E-state index in [1.807, 2.05) is 26.0 Å². The first-order chi connectivity index (χ1) is 20.6. The predicted octanol–water partition coefficient (Wildman–Crippen LogP) is 6.37. The molecule has 1 aliphatic carbocycles. The summed E-state index contributed by atoms with van der Waals surface area (Å²) in [5, 5.41) is 12.7. The molecular formula is C32H38F3N5O4. The maximum absolute atomic E-state index is 13.7. The van der Waals surface area contributed by atoms with Gasteiger partial charge in [0.25, 0.3) is 5.91 Å². The van der Waals surface area contributed by atoms with Crippen LogP contribution in [0.4, 0.5) is 23.7 Å². The Kier molecular flexibility index (Phi) is 9.41. The molecule has 3 N–H and O–H groups in total. The van der Waals surface area contributed by atoms with Crippen LogP contribution in [0, 0.1) is 0 Å². The maximum Gasteiger partial charge on any atom is 0.416 e. The van der Waals surface area contributed by atoms with Crippen molar-refractivity contribution in [3.05, 3.63) is 83.2 Å². The van der Waals surface area contributed by atoms with Gasteiger partial charge in [0.2, 0.25) is 5.91 Å². The SMILES string of the molecule is CC(C)n1nccc1C(=O)Nc1ccc(C2(NC(=O)[C@H](Cc3cccc(C(F)(F)F)c3)NC(=O)OC(C)(C)C)CCC2)cc1. The number of alkyl halides is 3. The van der Waals surface area contributed by atoms with E-state index in [2.05, 4.69) is 21.0 Å². The molecule has 12 heteroatoms. The second-order valence-corrected chi connectivity index (χ2v) is 12.3. The molecule has 9 nitrogen and oxygen atoms in total. The molecule has 0 aliphatic heterocycles. The molecule has 1 aromatic heterocycles. The van der Waals surface area contributed by atoms with Gasteiger partial charge in [0.15, 0.2) is 0 Å². The molecule has 0 radical (unpaired) electrons. The number of aromatic nitrogens is 2. The van der Waals surface area contributed by atoms with Crippen molar-refractivity contribution in [2.75, 3.05) is 5.32 Å². The summed E-state index contributed by atoms with van der Waals surface area (Å²) in [6.07, 6.45) is -1.92. The molecule has 0 unspecified atom stereocenters. The molecule has 3 amide bonds. The van der Waals surface area contributed by atoms with Gasteiger partial charge in [-0.05, 0) is 89.3 Å². The quantitative estimate of drug-likeness (QED) is 0.260. The molecule has 1 heterocycles. The molecule has 1 atom stereocenters. The Bertz CT molecular complexity index is 1490. The molecule has 0 spiro atoms. The van der Waals surface area contributed by atoms with Crippen molar-refractivity contribution < 1.29 is 32.3 Å². The lowest BCUT2D eigenvalue weighted by molar-refractivity contribution is -0.137. The molecule has 0 bridgehead atoms. The minimum atomic E-state index is -4.55. The highest BCUT2D eigenvalue weighted by molar-refractivity contribution is 6.03. The lowest BCUT2D eigenvalue weighted by Crippen LogP contribution is -2.57. The van der Waals surface area contributed by atoms with Crippen LogP contribution in [0.15, 0.2) is 60.8 Å². The first-order valence-electron chi connectivity index (χ1n) is 14.5. The number of alkyl carbamates (subject to hydrolysis) is 1. The molecule has 4 rings (SSSR count). The van der Waals surface area contributed by atoms with Crippen molar-refractivity contribution >= 4 is 23.6 Å². The number of hydrogen-bond donors (Lipinski definition) is 3. The second kappa shape index (κ2) is 12.7. The number of rotatable bonds is 9. The minimum absolute atomic E-state index is 0.0115. The van der Waals surface area contributed by atoms with Crippen LogP contribution in [0.3, 0.4) is 0 Å².